The summed E-state index contributed by atoms with van der Waals surface area (Å²) >= 11 is 0. The largest absolute Gasteiger partial charge is 0.401 e. The minimum atomic E-state index is -4.11. The second-order valence-electron chi connectivity index (χ2n) is 5.96. The second kappa shape index (κ2) is 7.09. The molecule has 2 rings (SSSR count). The lowest BCUT2D eigenvalue weighted by molar-refractivity contribution is -0.150. The van der Waals surface area contributed by atoms with Crippen LogP contribution in [0.25, 0.3) is 0 Å². The van der Waals surface area contributed by atoms with Crippen molar-refractivity contribution < 1.29 is 17.9 Å². The van der Waals surface area contributed by atoms with Crippen LogP contribution in [0.1, 0.15) is 32.6 Å². The average molecular weight is 294 g/mol. The quantitative estimate of drug-likeness (QED) is 0.780. The van der Waals surface area contributed by atoms with E-state index in [-0.39, 0.29) is 18.0 Å². The molecule has 1 aliphatic carbocycles. The normalized spacial score (nSPS) is 28.1. The van der Waals surface area contributed by atoms with Crippen molar-refractivity contribution in [1.82, 2.24) is 10.2 Å². The Bertz CT molecular complexity index is 295. The maximum absolute atomic E-state index is 12.7. The molecule has 2 fully saturated rings. The van der Waals surface area contributed by atoms with E-state index in [0.29, 0.717) is 19.8 Å². The van der Waals surface area contributed by atoms with E-state index in [2.05, 4.69) is 12.2 Å². The number of nitrogens with one attached hydrogen (secondary N) is 1. The zero-order valence-electron chi connectivity index (χ0n) is 12.1. The first-order valence-electron chi connectivity index (χ1n) is 7.61. The van der Waals surface area contributed by atoms with Gasteiger partial charge in [0.05, 0.1) is 13.2 Å². The summed E-state index contributed by atoms with van der Waals surface area (Å²) in [5.74, 6) is 0.165. The Hall–Kier alpha value is -0.330. The van der Waals surface area contributed by atoms with Gasteiger partial charge in [0, 0.05) is 31.2 Å². The van der Waals surface area contributed by atoms with Crippen LogP contribution in [0.5, 0.6) is 0 Å². The van der Waals surface area contributed by atoms with E-state index >= 15 is 0 Å². The van der Waals surface area contributed by atoms with Crippen molar-refractivity contribution in [1.29, 1.82) is 0 Å². The summed E-state index contributed by atoms with van der Waals surface area (Å²) in [6.45, 7) is 4.01. The van der Waals surface area contributed by atoms with Crippen LogP contribution in [0, 0.1) is 5.92 Å². The molecule has 2 aliphatic rings. The summed E-state index contributed by atoms with van der Waals surface area (Å²) in [5.41, 5.74) is 0. The van der Waals surface area contributed by atoms with E-state index in [1.54, 1.807) is 4.90 Å². The van der Waals surface area contributed by atoms with E-state index in [1.165, 1.54) is 0 Å². The van der Waals surface area contributed by atoms with E-state index in [9.17, 15) is 13.2 Å². The lowest BCUT2D eigenvalue weighted by Gasteiger charge is -2.36. The fraction of sp³-hybridized carbons (Fsp3) is 1.00. The van der Waals surface area contributed by atoms with E-state index in [0.717, 1.165) is 32.2 Å². The molecule has 6 heteroatoms. The number of ether oxygens (including phenoxy) is 1. The molecule has 2 atom stereocenters. The van der Waals surface area contributed by atoms with Gasteiger partial charge in [0.1, 0.15) is 0 Å². The maximum Gasteiger partial charge on any atom is 0.401 e. The Balaban J connectivity index is 1.89. The summed E-state index contributed by atoms with van der Waals surface area (Å²) < 4.78 is 43.5. The van der Waals surface area contributed by atoms with E-state index < -0.39 is 12.7 Å². The van der Waals surface area contributed by atoms with Crippen LogP contribution in [0.2, 0.25) is 0 Å². The predicted octanol–water partition coefficient (Wildman–Crippen LogP) is 2.42. The van der Waals surface area contributed by atoms with Crippen LogP contribution in [0.4, 0.5) is 13.2 Å². The third-order valence-electron chi connectivity index (χ3n) is 4.05. The molecule has 0 radical (unpaired) electrons. The SMILES string of the molecule is CCCNC1CCOCC1CN(CC(F)(F)F)C1CC1. The second-order valence-corrected chi connectivity index (χ2v) is 5.96. The van der Waals surface area contributed by atoms with Crippen molar-refractivity contribution in [3.05, 3.63) is 0 Å². The van der Waals surface area contributed by atoms with Crippen LogP contribution in [-0.2, 0) is 4.74 Å². The predicted molar refractivity (Wildman–Crippen MR) is 71.7 cm³/mol. The summed E-state index contributed by atoms with van der Waals surface area (Å²) in [7, 11) is 0. The Morgan fingerprint density at radius 2 is 2.00 bits per heavy atom. The molecule has 1 heterocycles. The van der Waals surface area contributed by atoms with Gasteiger partial charge in [-0.3, -0.25) is 4.90 Å². The minimum Gasteiger partial charge on any atom is -0.381 e. The molecule has 0 aromatic carbocycles. The average Bonchev–Trinajstić information content (AvgIpc) is 3.19. The number of alkyl halides is 3. The fourth-order valence-corrected chi connectivity index (χ4v) is 2.89. The smallest absolute Gasteiger partial charge is 0.381 e. The third-order valence-corrected chi connectivity index (χ3v) is 4.05. The third kappa shape index (κ3) is 5.22. The Labute approximate surface area is 118 Å². The Morgan fingerprint density at radius 3 is 2.60 bits per heavy atom. The number of nitrogens with zero attached hydrogens (tertiary/aromatic N) is 1. The molecule has 0 bridgehead atoms. The van der Waals surface area contributed by atoms with Gasteiger partial charge >= 0.3 is 6.18 Å². The van der Waals surface area contributed by atoms with Crippen LogP contribution in [0.15, 0.2) is 0 Å². The standard InChI is InChI=1S/C14H25F3N2O/c1-2-6-18-13-5-7-20-9-11(13)8-19(12-3-4-12)10-14(15,16)17/h11-13,18H,2-10H2,1H3. The molecule has 1 aliphatic heterocycles. The Kier molecular flexibility index (Phi) is 5.69. The minimum absolute atomic E-state index is 0.130. The van der Waals surface area contributed by atoms with Gasteiger partial charge in [0.25, 0.3) is 0 Å². The van der Waals surface area contributed by atoms with Gasteiger partial charge in [-0.25, -0.2) is 0 Å². The van der Waals surface area contributed by atoms with E-state index in [1.807, 2.05) is 0 Å². The molecule has 0 amide bonds. The molecule has 3 nitrogen and oxygen atoms in total. The molecule has 1 saturated carbocycles. The summed E-state index contributed by atoms with van der Waals surface area (Å²) in [5, 5.41) is 3.46. The van der Waals surface area contributed by atoms with Crippen molar-refractivity contribution in [3.63, 3.8) is 0 Å². The molecule has 2 unspecified atom stereocenters. The van der Waals surface area contributed by atoms with Gasteiger partial charge in [0.2, 0.25) is 0 Å². The monoisotopic (exact) mass is 294 g/mol. The number of hydrogen-bond acceptors (Lipinski definition) is 3. The number of rotatable bonds is 7. The molecule has 20 heavy (non-hydrogen) atoms. The van der Waals surface area contributed by atoms with Crippen molar-refractivity contribution in [2.75, 3.05) is 32.8 Å². The number of hydrogen-bond donors (Lipinski definition) is 1. The zero-order chi connectivity index (χ0) is 14.6. The van der Waals surface area contributed by atoms with Gasteiger partial charge in [-0.05, 0) is 32.2 Å². The van der Waals surface area contributed by atoms with Gasteiger partial charge in [-0.2, -0.15) is 13.2 Å². The highest BCUT2D eigenvalue weighted by Gasteiger charge is 2.40. The molecular formula is C14H25F3N2O. The van der Waals surface area contributed by atoms with Crippen molar-refractivity contribution in [3.8, 4) is 0 Å². The molecular weight excluding hydrogens is 269 g/mol. The van der Waals surface area contributed by atoms with Gasteiger partial charge in [0.15, 0.2) is 0 Å². The van der Waals surface area contributed by atoms with Crippen molar-refractivity contribution >= 4 is 0 Å². The highest BCUT2D eigenvalue weighted by Crippen LogP contribution is 2.31. The van der Waals surface area contributed by atoms with Gasteiger partial charge < -0.3 is 10.1 Å². The molecule has 118 valence electrons. The van der Waals surface area contributed by atoms with Crippen LogP contribution >= 0.6 is 0 Å². The number of halogens is 3. The maximum atomic E-state index is 12.7. The summed E-state index contributed by atoms with van der Waals surface area (Å²) in [4.78, 5) is 1.61. The molecule has 0 aromatic heterocycles. The van der Waals surface area contributed by atoms with Gasteiger partial charge in [-0.1, -0.05) is 6.92 Å². The molecule has 0 aromatic rings. The zero-order valence-corrected chi connectivity index (χ0v) is 12.1. The van der Waals surface area contributed by atoms with Crippen molar-refractivity contribution in [2.24, 2.45) is 5.92 Å². The molecule has 0 spiro atoms. The molecule has 1 saturated heterocycles. The van der Waals surface area contributed by atoms with E-state index in [4.69, 9.17) is 4.74 Å². The summed E-state index contributed by atoms with van der Waals surface area (Å²) in [6.07, 6.45) is -0.369. The highest BCUT2D eigenvalue weighted by molar-refractivity contribution is 4.90. The topological polar surface area (TPSA) is 24.5 Å². The summed E-state index contributed by atoms with van der Waals surface area (Å²) in [6, 6.07) is 0.420. The first-order chi connectivity index (χ1) is 9.49. The highest BCUT2D eigenvalue weighted by atomic mass is 19.4. The first kappa shape index (κ1) is 16.0. The van der Waals surface area contributed by atoms with Crippen LogP contribution < -0.4 is 5.32 Å². The van der Waals surface area contributed by atoms with Gasteiger partial charge in [-0.15, -0.1) is 0 Å². The van der Waals surface area contributed by atoms with Crippen molar-refractivity contribution in [2.45, 2.75) is 50.9 Å². The first-order valence-corrected chi connectivity index (χ1v) is 7.61. The molecule has 1 N–H and O–H groups in total. The lowest BCUT2D eigenvalue weighted by atomic mass is 9.94. The fourth-order valence-electron chi connectivity index (χ4n) is 2.89. The Morgan fingerprint density at radius 1 is 1.25 bits per heavy atom. The van der Waals surface area contributed by atoms with Crippen LogP contribution in [0.3, 0.4) is 0 Å². The lowest BCUT2D eigenvalue weighted by Crippen LogP contribution is -2.49. The van der Waals surface area contributed by atoms with Crippen LogP contribution in [-0.4, -0.2) is 56.0 Å².